The average molecular weight is 800 g/mol. The Morgan fingerprint density at radius 3 is 2.22 bits per heavy atom. The van der Waals surface area contributed by atoms with Crippen molar-refractivity contribution < 1.29 is 43.4 Å². The van der Waals surface area contributed by atoms with Crippen LogP contribution in [0, 0.1) is 12.7 Å². The van der Waals surface area contributed by atoms with Gasteiger partial charge in [-0.2, -0.15) is 32.1 Å². The number of nitrogens with two attached hydrogens (primary N) is 1. The lowest BCUT2D eigenvalue weighted by Crippen LogP contribution is -2.49. The summed E-state index contributed by atoms with van der Waals surface area (Å²) in [5.74, 6) is -4.12. The minimum absolute atomic E-state index is 0. The van der Waals surface area contributed by atoms with Gasteiger partial charge in [0.15, 0.2) is 5.82 Å². The zero-order valence-electron chi connectivity index (χ0n) is 30.0. The number of fused-ring (bicyclic) bond motifs is 1. The van der Waals surface area contributed by atoms with E-state index in [1.165, 1.54) is 12.1 Å². The molecule has 55 heavy (non-hydrogen) atoms. The number of aromatic amines is 1. The van der Waals surface area contributed by atoms with Gasteiger partial charge >= 0.3 is 18.0 Å². The van der Waals surface area contributed by atoms with Crippen LogP contribution in [0.5, 0.6) is 0 Å². The maximum atomic E-state index is 14.1. The molecule has 9 N–H and O–H groups in total. The molecule has 3 aromatic carbocycles. The first-order chi connectivity index (χ1) is 25.3. The number of benzene rings is 3. The first-order valence-corrected chi connectivity index (χ1v) is 17.0. The van der Waals surface area contributed by atoms with Crippen molar-refractivity contribution in [2.75, 3.05) is 16.0 Å². The lowest BCUT2D eigenvalue weighted by molar-refractivity contribution is -0.143. The molecule has 1 heterocycles. The molecule has 1 aromatic heterocycles. The largest absolute Gasteiger partial charge is 0.481 e. The number of aryl methyl sites for hydroxylation is 1. The zero-order valence-corrected chi connectivity index (χ0v) is 32.0. The number of Topliss-reactive ketones (excluding diaryl/α,β-unsaturated/α-hetero) is 1. The number of nitrogens with one attached hydrogen (secondary N) is 5. The summed E-state index contributed by atoms with van der Waals surface area (Å²) >= 11 is 0. The van der Waals surface area contributed by atoms with E-state index < -0.39 is 48.2 Å². The van der Waals surface area contributed by atoms with Gasteiger partial charge in [-0.15, -0.1) is 0 Å². The summed E-state index contributed by atoms with van der Waals surface area (Å²) in [5, 5.41) is 36.1. The van der Waals surface area contributed by atoms with Crippen LogP contribution in [0.2, 0.25) is 0 Å². The molecule has 18 heteroatoms. The molecule has 0 radical (unpaired) electrons. The molecule has 0 fully saturated rings. The van der Waals surface area contributed by atoms with Gasteiger partial charge in [0.1, 0.15) is 17.6 Å². The smallest absolute Gasteiger partial charge is 0.326 e. The standard InChI is InChI=1S/C37H42FN7O8.2H2S/c1-21-11-16-26(38)30(19-21)42-37(53)40-23-14-12-22(13-15-23)25-8-6-9-28-33(25)34(45-44-28)43-31(47)10-5-3-2-4-7-24(46)20-27(39)35(50)41-29(36(51)52)17-18-32(48)49;;/h6,8-9,11-16,19,27,29H,2-5,7,10,17-18,20,39H2,1H3,(H,41,50)(H,48,49)(H,51,52)(H2,40,42,53)(H2,43,44,45,47);2*1H2/t27-,29-;;/m0../s1. The van der Waals surface area contributed by atoms with Crippen molar-refractivity contribution in [2.24, 2.45) is 5.73 Å². The van der Waals surface area contributed by atoms with Gasteiger partial charge in [0.25, 0.3) is 0 Å². The number of hydrogen-bond acceptors (Lipinski definition) is 8. The highest BCUT2D eigenvalue weighted by molar-refractivity contribution is 7.59. The molecule has 15 nitrogen and oxygen atoms in total. The van der Waals surface area contributed by atoms with E-state index in [0.717, 1.165) is 16.7 Å². The zero-order chi connectivity index (χ0) is 38.5. The Balaban J connectivity index is 0.00000523. The first kappa shape index (κ1) is 45.7. The van der Waals surface area contributed by atoms with Crippen LogP contribution in [0.3, 0.4) is 0 Å². The molecule has 0 spiro atoms. The summed E-state index contributed by atoms with van der Waals surface area (Å²) in [5.41, 5.74) is 9.45. The predicted molar refractivity (Wildman–Crippen MR) is 216 cm³/mol. The third kappa shape index (κ3) is 14.0. The number of rotatable bonds is 19. The number of urea groups is 1. The van der Waals surface area contributed by atoms with Gasteiger partial charge in [-0.1, -0.05) is 43.2 Å². The number of H-pyrrole nitrogens is 1. The quantitative estimate of drug-likeness (QED) is 0.0550. The molecule has 4 rings (SSSR count). The molecular formula is C37H46FN7O8S2. The summed E-state index contributed by atoms with van der Waals surface area (Å²) in [6, 6.07) is 13.8. The Hall–Kier alpha value is -5.46. The van der Waals surface area contributed by atoms with Crippen molar-refractivity contribution in [3.63, 3.8) is 0 Å². The van der Waals surface area contributed by atoms with Crippen molar-refractivity contribution >= 4 is 90.7 Å². The van der Waals surface area contributed by atoms with Crippen LogP contribution in [-0.2, 0) is 24.0 Å². The summed E-state index contributed by atoms with van der Waals surface area (Å²) in [6.07, 6.45) is 1.73. The SMILES string of the molecule is Cc1ccc(F)c(NC(=O)Nc2ccc(-c3cccc4[nH]nc(NC(=O)CCCCCCC(=O)C[C@H](N)C(=O)N[C@@H](CCC(=O)O)C(=O)O)c34)cc2)c1.S.S. The van der Waals surface area contributed by atoms with Crippen molar-refractivity contribution in [3.05, 3.63) is 72.0 Å². The van der Waals surface area contributed by atoms with Gasteiger partial charge in [0, 0.05) is 31.4 Å². The van der Waals surface area contributed by atoms with Crippen LogP contribution in [-0.4, -0.2) is 68.1 Å². The van der Waals surface area contributed by atoms with Crippen LogP contribution in [0.4, 0.5) is 26.4 Å². The van der Waals surface area contributed by atoms with E-state index in [-0.39, 0.29) is 70.1 Å². The molecule has 0 unspecified atom stereocenters. The molecule has 296 valence electrons. The van der Waals surface area contributed by atoms with E-state index in [4.69, 9.17) is 10.8 Å². The Morgan fingerprint density at radius 2 is 1.55 bits per heavy atom. The van der Waals surface area contributed by atoms with Gasteiger partial charge in [-0.25, -0.2) is 14.0 Å². The summed E-state index contributed by atoms with van der Waals surface area (Å²) in [6.45, 7) is 1.79. The minimum Gasteiger partial charge on any atom is -0.481 e. The molecule has 0 bridgehead atoms. The number of carbonyl (C=O) groups is 6. The molecule has 0 saturated heterocycles. The lowest BCUT2D eigenvalue weighted by atomic mass is 10.0. The Morgan fingerprint density at radius 1 is 0.855 bits per heavy atom. The average Bonchev–Trinajstić information content (AvgIpc) is 3.52. The Labute approximate surface area is 330 Å². The van der Waals surface area contributed by atoms with Gasteiger partial charge in [-0.3, -0.25) is 24.3 Å². The highest BCUT2D eigenvalue weighted by Crippen LogP contribution is 2.33. The van der Waals surface area contributed by atoms with E-state index in [1.807, 2.05) is 30.3 Å². The van der Waals surface area contributed by atoms with E-state index in [0.29, 0.717) is 48.1 Å². The van der Waals surface area contributed by atoms with Crippen molar-refractivity contribution in [3.8, 4) is 11.1 Å². The van der Waals surface area contributed by atoms with Gasteiger partial charge < -0.3 is 37.2 Å². The molecule has 0 aliphatic heterocycles. The second-order valence-corrected chi connectivity index (χ2v) is 12.6. The Kier molecular flexibility index (Phi) is 18.3. The normalized spacial score (nSPS) is 11.6. The Bertz CT molecular complexity index is 1980. The van der Waals surface area contributed by atoms with Crippen molar-refractivity contribution in [2.45, 2.75) is 76.8 Å². The molecule has 2 atom stereocenters. The van der Waals surface area contributed by atoms with Gasteiger partial charge in [0.05, 0.1) is 22.6 Å². The minimum atomic E-state index is -1.42. The monoisotopic (exact) mass is 799 g/mol. The van der Waals surface area contributed by atoms with Crippen LogP contribution in [0.25, 0.3) is 22.0 Å². The molecule has 4 amide bonds. The van der Waals surface area contributed by atoms with Crippen LogP contribution < -0.4 is 27.0 Å². The second kappa shape index (κ2) is 22.0. The van der Waals surface area contributed by atoms with E-state index in [2.05, 4.69) is 31.5 Å². The third-order valence-electron chi connectivity index (χ3n) is 8.33. The van der Waals surface area contributed by atoms with E-state index >= 15 is 0 Å². The lowest BCUT2D eigenvalue weighted by Gasteiger charge is -2.17. The van der Waals surface area contributed by atoms with E-state index in [1.54, 1.807) is 25.1 Å². The van der Waals surface area contributed by atoms with Crippen LogP contribution in [0.1, 0.15) is 63.4 Å². The fourth-order valence-electron chi connectivity index (χ4n) is 5.56. The number of unbranched alkanes of at least 4 members (excludes halogenated alkanes) is 3. The number of ketones is 1. The molecular weight excluding hydrogens is 754 g/mol. The maximum absolute atomic E-state index is 14.1. The van der Waals surface area contributed by atoms with E-state index in [9.17, 15) is 38.3 Å². The second-order valence-electron chi connectivity index (χ2n) is 12.6. The number of nitrogens with zero attached hydrogens (tertiary/aromatic N) is 1. The summed E-state index contributed by atoms with van der Waals surface area (Å²) < 4.78 is 14.1. The van der Waals surface area contributed by atoms with Crippen molar-refractivity contribution in [1.82, 2.24) is 15.5 Å². The number of carbonyl (C=O) groups excluding carboxylic acids is 4. The van der Waals surface area contributed by atoms with Crippen LogP contribution in [0.15, 0.2) is 60.7 Å². The number of anilines is 3. The predicted octanol–water partition coefficient (Wildman–Crippen LogP) is 5.55. The summed E-state index contributed by atoms with van der Waals surface area (Å²) in [4.78, 5) is 71.9. The highest BCUT2D eigenvalue weighted by atomic mass is 32.1. The maximum Gasteiger partial charge on any atom is 0.326 e. The third-order valence-corrected chi connectivity index (χ3v) is 8.33. The number of hydrogen-bond donors (Lipinski definition) is 8. The number of amides is 4. The fraction of sp³-hybridized carbons (Fsp3) is 0.324. The number of aliphatic carboxylic acids is 2. The highest BCUT2D eigenvalue weighted by Gasteiger charge is 2.25. The first-order valence-electron chi connectivity index (χ1n) is 17.0. The molecule has 0 saturated carbocycles. The number of carboxylic acids is 2. The van der Waals surface area contributed by atoms with Gasteiger partial charge in [-0.05, 0) is 73.2 Å². The van der Waals surface area contributed by atoms with Crippen molar-refractivity contribution in [1.29, 1.82) is 0 Å². The van der Waals surface area contributed by atoms with Crippen LogP contribution >= 0.6 is 27.0 Å². The number of aromatic nitrogens is 2. The summed E-state index contributed by atoms with van der Waals surface area (Å²) in [7, 11) is 0. The number of halogens is 1. The molecule has 4 aromatic rings. The van der Waals surface area contributed by atoms with Gasteiger partial charge in [0.2, 0.25) is 11.8 Å². The molecule has 0 aliphatic carbocycles. The number of carboxylic acid groups (broad SMARTS) is 2. The fourth-order valence-corrected chi connectivity index (χ4v) is 5.56. The topological polar surface area (TPSA) is 246 Å². The molecule has 0 aliphatic rings.